The molecule has 0 aromatic carbocycles. The van der Waals surface area contributed by atoms with Gasteiger partial charge in [0.15, 0.2) is 11.6 Å². The maximum atomic E-state index is 4.46. The van der Waals surface area contributed by atoms with Gasteiger partial charge in [-0.25, -0.2) is 4.98 Å². The van der Waals surface area contributed by atoms with Gasteiger partial charge in [-0.2, -0.15) is 0 Å². The molecule has 0 saturated heterocycles. The maximum Gasteiger partial charge on any atom is 0.176 e. The highest BCUT2D eigenvalue weighted by Gasteiger charge is 2.05. The zero-order valence-electron chi connectivity index (χ0n) is 8.99. The average molecular weight is 214 g/mol. The minimum Gasteiger partial charge on any atom is -0.349 e. The molecule has 0 aliphatic carbocycles. The van der Waals surface area contributed by atoms with Crippen LogP contribution in [0.15, 0.2) is 24.4 Å². The third kappa shape index (κ3) is 1.27. The normalized spacial score (nSPS) is 11.1. The lowest BCUT2D eigenvalue weighted by Gasteiger charge is -1.98. The third-order valence-electron chi connectivity index (χ3n) is 2.44. The summed E-state index contributed by atoms with van der Waals surface area (Å²) in [5, 5.41) is 11.8. The molecule has 0 spiro atoms. The molecular formula is C10H10N6. The first-order valence-corrected chi connectivity index (χ1v) is 4.93. The molecule has 0 aliphatic heterocycles. The number of aromatic nitrogens is 6. The minimum absolute atomic E-state index is 0.634. The van der Waals surface area contributed by atoms with E-state index in [-0.39, 0.29) is 0 Å². The Balaban J connectivity index is 2.18. The van der Waals surface area contributed by atoms with Crippen molar-refractivity contribution in [2.24, 2.45) is 7.05 Å². The molecule has 6 heteroatoms. The summed E-state index contributed by atoms with van der Waals surface area (Å²) in [5.41, 5.74) is 2.01. The van der Waals surface area contributed by atoms with Gasteiger partial charge in [0.05, 0.1) is 11.0 Å². The smallest absolute Gasteiger partial charge is 0.176 e. The second-order valence-electron chi connectivity index (χ2n) is 3.63. The molecule has 6 nitrogen and oxygen atoms in total. The van der Waals surface area contributed by atoms with E-state index in [9.17, 15) is 0 Å². The van der Waals surface area contributed by atoms with Crippen molar-refractivity contribution in [3.05, 3.63) is 30.2 Å². The van der Waals surface area contributed by atoms with Crippen molar-refractivity contribution in [3.8, 4) is 5.82 Å². The first-order valence-electron chi connectivity index (χ1n) is 4.93. The fraction of sp³-hybridized carbons (Fsp3) is 0.200. The van der Waals surface area contributed by atoms with Gasteiger partial charge in [-0.3, -0.25) is 0 Å². The first-order chi connectivity index (χ1) is 7.74. The SMILES string of the molecule is Cc1nnn(-c2ccc3c(ccn3C)n2)n1. The highest BCUT2D eigenvalue weighted by Crippen LogP contribution is 2.13. The van der Waals surface area contributed by atoms with Crippen molar-refractivity contribution in [1.29, 1.82) is 0 Å². The van der Waals surface area contributed by atoms with Gasteiger partial charge < -0.3 is 4.57 Å². The minimum atomic E-state index is 0.634. The van der Waals surface area contributed by atoms with Crippen LogP contribution in [0.4, 0.5) is 0 Å². The van der Waals surface area contributed by atoms with Gasteiger partial charge in [0.1, 0.15) is 0 Å². The van der Waals surface area contributed by atoms with Crippen LogP contribution < -0.4 is 0 Å². The zero-order valence-corrected chi connectivity index (χ0v) is 8.99. The van der Waals surface area contributed by atoms with Crippen LogP contribution in [0.2, 0.25) is 0 Å². The van der Waals surface area contributed by atoms with Gasteiger partial charge in [0, 0.05) is 13.2 Å². The lowest BCUT2D eigenvalue weighted by Crippen LogP contribution is -2.02. The predicted octanol–water partition coefficient (Wildman–Crippen LogP) is 0.857. The van der Waals surface area contributed by atoms with Crippen molar-refractivity contribution in [3.63, 3.8) is 0 Å². The maximum absolute atomic E-state index is 4.46. The van der Waals surface area contributed by atoms with Crippen LogP contribution in [0.1, 0.15) is 5.82 Å². The van der Waals surface area contributed by atoms with Gasteiger partial charge in [0.2, 0.25) is 0 Å². The number of tetrazole rings is 1. The molecule has 0 fully saturated rings. The molecule has 3 rings (SSSR count). The van der Waals surface area contributed by atoms with E-state index in [0.29, 0.717) is 11.6 Å². The molecule has 0 atom stereocenters. The van der Waals surface area contributed by atoms with Crippen LogP contribution in [0.25, 0.3) is 16.9 Å². The summed E-state index contributed by atoms with van der Waals surface area (Å²) in [7, 11) is 1.99. The van der Waals surface area contributed by atoms with E-state index < -0.39 is 0 Å². The Kier molecular flexibility index (Phi) is 1.76. The zero-order chi connectivity index (χ0) is 11.1. The van der Waals surface area contributed by atoms with E-state index in [1.165, 1.54) is 4.80 Å². The van der Waals surface area contributed by atoms with Gasteiger partial charge in [-0.05, 0) is 30.3 Å². The molecule has 0 bridgehead atoms. The van der Waals surface area contributed by atoms with Crippen LogP contribution in [0.5, 0.6) is 0 Å². The van der Waals surface area contributed by atoms with Crippen LogP contribution in [0, 0.1) is 6.92 Å². The Bertz CT molecular complexity index is 650. The molecular weight excluding hydrogens is 204 g/mol. The van der Waals surface area contributed by atoms with Crippen LogP contribution >= 0.6 is 0 Å². The summed E-state index contributed by atoms with van der Waals surface area (Å²) in [6.07, 6.45) is 1.97. The molecule has 0 radical (unpaired) electrons. The Morgan fingerprint density at radius 3 is 2.81 bits per heavy atom. The van der Waals surface area contributed by atoms with E-state index in [1.807, 2.05) is 36.0 Å². The summed E-state index contributed by atoms with van der Waals surface area (Å²) in [6, 6.07) is 5.84. The number of fused-ring (bicyclic) bond motifs is 1. The molecule has 3 heterocycles. The van der Waals surface area contributed by atoms with Gasteiger partial charge in [-0.15, -0.1) is 15.0 Å². The highest BCUT2D eigenvalue weighted by atomic mass is 15.6. The van der Waals surface area contributed by atoms with Crippen molar-refractivity contribution in [2.75, 3.05) is 0 Å². The van der Waals surface area contributed by atoms with Gasteiger partial charge in [-0.1, -0.05) is 0 Å². The van der Waals surface area contributed by atoms with E-state index in [1.54, 1.807) is 6.92 Å². The predicted molar refractivity (Wildman–Crippen MR) is 58.2 cm³/mol. The second kappa shape index (κ2) is 3.13. The van der Waals surface area contributed by atoms with Crippen LogP contribution in [-0.4, -0.2) is 29.8 Å². The molecule has 0 amide bonds. The molecule has 0 aliphatic rings. The highest BCUT2D eigenvalue weighted by molar-refractivity contribution is 5.76. The number of hydrogen-bond acceptors (Lipinski definition) is 4. The summed E-state index contributed by atoms with van der Waals surface area (Å²) in [4.78, 5) is 5.89. The van der Waals surface area contributed by atoms with Crippen molar-refractivity contribution in [2.45, 2.75) is 6.92 Å². The second-order valence-corrected chi connectivity index (χ2v) is 3.63. The molecule has 80 valence electrons. The molecule has 0 saturated carbocycles. The lowest BCUT2D eigenvalue weighted by atomic mass is 10.4. The summed E-state index contributed by atoms with van der Waals surface area (Å²) in [5.74, 6) is 1.31. The van der Waals surface area contributed by atoms with Gasteiger partial charge >= 0.3 is 0 Å². The fourth-order valence-corrected chi connectivity index (χ4v) is 1.63. The van der Waals surface area contributed by atoms with E-state index >= 15 is 0 Å². The summed E-state index contributed by atoms with van der Waals surface area (Å²) >= 11 is 0. The molecule has 3 aromatic rings. The molecule has 0 N–H and O–H groups in total. The number of nitrogens with zero attached hydrogens (tertiary/aromatic N) is 6. The van der Waals surface area contributed by atoms with Crippen LogP contribution in [0.3, 0.4) is 0 Å². The number of rotatable bonds is 1. The number of hydrogen-bond donors (Lipinski definition) is 0. The largest absolute Gasteiger partial charge is 0.349 e. The summed E-state index contributed by atoms with van der Waals surface area (Å²) < 4.78 is 2.02. The fourth-order valence-electron chi connectivity index (χ4n) is 1.63. The van der Waals surface area contributed by atoms with E-state index in [4.69, 9.17) is 0 Å². The summed E-state index contributed by atoms with van der Waals surface area (Å²) in [6.45, 7) is 1.80. The monoisotopic (exact) mass is 214 g/mol. The van der Waals surface area contributed by atoms with Crippen molar-refractivity contribution in [1.82, 2.24) is 29.8 Å². The Morgan fingerprint density at radius 1 is 1.19 bits per heavy atom. The van der Waals surface area contributed by atoms with Crippen LogP contribution in [-0.2, 0) is 7.05 Å². The van der Waals surface area contributed by atoms with Crippen molar-refractivity contribution >= 4 is 11.0 Å². The quantitative estimate of drug-likeness (QED) is 0.602. The Labute approximate surface area is 91.5 Å². The number of pyridine rings is 1. The number of aryl methyl sites for hydroxylation is 2. The standard InChI is InChI=1S/C10H10N6/c1-7-12-14-16(13-7)10-4-3-9-8(11-10)5-6-15(9)2/h3-6H,1-2H3. The van der Waals surface area contributed by atoms with E-state index in [0.717, 1.165) is 11.0 Å². The Hall–Kier alpha value is -2.24. The molecule has 3 aromatic heterocycles. The van der Waals surface area contributed by atoms with Crippen molar-refractivity contribution < 1.29 is 0 Å². The molecule has 16 heavy (non-hydrogen) atoms. The molecule has 0 unspecified atom stereocenters. The lowest BCUT2D eigenvalue weighted by molar-refractivity contribution is 0.702. The van der Waals surface area contributed by atoms with Gasteiger partial charge in [0.25, 0.3) is 0 Å². The average Bonchev–Trinajstić information content (AvgIpc) is 2.86. The third-order valence-corrected chi connectivity index (χ3v) is 2.44. The first kappa shape index (κ1) is 9.02. The topological polar surface area (TPSA) is 61.4 Å². The Morgan fingerprint density at radius 2 is 2.06 bits per heavy atom. The van der Waals surface area contributed by atoms with E-state index in [2.05, 4.69) is 20.4 Å².